The number of rotatable bonds is 4. The maximum absolute atomic E-state index is 11.8. The van der Waals surface area contributed by atoms with Gasteiger partial charge in [-0.15, -0.1) is 0 Å². The molecule has 0 fully saturated rings. The highest BCUT2D eigenvalue weighted by Gasteiger charge is 2.16. The highest BCUT2D eigenvalue weighted by atomic mass is 16.5. The third-order valence-electron chi connectivity index (χ3n) is 2.65. The van der Waals surface area contributed by atoms with Crippen molar-refractivity contribution in [3.63, 3.8) is 0 Å². The summed E-state index contributed by atoms with van der Waals surface area (Å²) < 4.78 is 4.14. The van der Waals surface area contributed by atoms with E-state index >= 15 is 0 Å². The second-order valence-corrected chi connectivity index (χ2v) is 4.12. The van der Waals surface area contributed by atoms with Crippen LogP contribution in [0.4, 0.5) is 0 Å². The number of ketones is 2. The number of methoxy groups -OCH3 is 1. The summed E-state index contributed by atoms with van der Waals surface area (Å²) in [5.74, 6) is -1.33. The van der Waals surface area contributed by atoms with Crippen LogP contribution >= 0.6 is 0 Å². The molecular weight excluding hydrogens is 280 g/mol. The maximum atomic E-state index is 11.8. The zero-order valence-electron chi connectivity index (χ0n) is 12.2. The Bertz CT molecular complexity index is 596. The lowest BCUT2D eigenvalue weighted by atomic mass is 10.0. The number of ether oxygens (including phenoxy) is 1. The van der Waals surface area contributed by atoms with Crippen molar-refractivity contribution < 1.29 is 19.1 Å². The molecule has 0 spiro atoms. The molecule has 0 aliphatic heterocycles. The van der Waals surface area contributed by atoms with E-state index in [1.54, 1.807) is 48.5 Å². The van der Waals surface area contributed by atoms with Crippen LogP contribution in [0.1, 0.15) is 20.7 Å². The smallest absolute Gasteiger partial charge is 0.329 e. The van der Waals surface area contributed by atoms with E-state index in [-0.39, 0.29) is 0 Å². The first-order valence-electron chi connectivity index (χ1n) is 6.49. The number of Topliss-reactive ketones (excluding diaryl/α,β-unsaturated/α-hetero) is 2. The molecule has 0 saturated carbocycles. The van der Waals surface area contributed by atoms with E-state index in [1.165, 1.54) is 7.11 Å². The summed E-state index contributed by atoms with van der Waals surface area (Å²) in [6, 6.07) is 17.2. The zero-order chi connectivity index (χ0) is 16.4. The molecule has 2 aromatic carbocycles. The highest BCUT2D eigenvalue weighted by molar-refractivity contribution is 6.49. The Kier molecular flexibility index (Phi) is 6.99. The molecule has 0 amide bonds. The molecule has 112 valence electrons. The van der Waals surface area contributed by atoms with Crippen LogP contribution in [-0.4, -0.2) is 24.6 Å². The van der Waals surface area contributed by atoms with Crippen LogP contribution in [0.25, 0.3) is 0 Å². The van der Waals surface area contributed by atoms with Gasteiger partial charge in [0.15, 0.2) is 0 Å². The van der Waals surface area contributed by atoms with Crippen LogP contribution in [-0.2, 0) is 9.53 Å². The van der Waals surface area contributed by atoms with Gasteiger partial charge in [0.1, 0.15) is 0 Å². The molecular formula is C18H16O4. The highest BCUT2D eigenvalue weighted by Crippen LogP contribution is 2.07. The van der Waals surface area contributed by atoms with E-state index in [2.05, 4.69) is 11.3 Å². The molecule has 2 aromatic rings. The fraction of sp³-hybridized carbons (Fsp3) is 0.0556. The first-order valence-corrected chi connectivity index (χ1v) is 6.49. The standard InChI is InChI=1S/C14H10O2.C4H6O2/c15-13(11-7-3-1-4-8-11)14(16)12-9-5-2-6-10-12;1-3-4(5)6-2/h1-10H;3H,1H2,2H3. The number of hydrogen-bond acceptors (Lipinski definition) is 4. The molecule has 4 heteroatoms. The van der Waals surface area contributed by atoms with E-state index in [1.807, 2.05) is 12.1 Å². The van der Waals surface area contributed by atoms with Gasteiger partial charge in [0.05, 0.1) is 7.11 Å². The topological polar surface area (TPSA) is 60.4 Å². The van der Waals surface area contributed by atoms with Crippen molar-refractivity contribution in [2.24, 2.45) is 0 Å². The van der Waals surface area contributed by atoms with Crippen molar-refractivity contribution in [3.8, 4) is 0 Å². The summed E-state index contributed by atoms with van der Waals surface area (Å²) in [6.45, 7) is 3.16. The van der Waals surface area contributed by atoms with Crippen molar-refractivity contribution in [1.82, 2.24) is 0 Å². The Labute approximate surface area is 129 Å². The van der Waals surface area contributed by atoms with E-state index in [9.17, 15) is 14.4 Å². The number of hydrogen-bond donors (Lipinski definition) is 0. The molecule has 0 aliphatic carbocycles. The Morgan fingerprint density at radius 2 is 1.18 bits per heavy atom. The van der Waals surface area contributed by atoms with Gasteiger partial charge in [-0.05, 0) is 0 Å². The fourth-order valence-corrected chi connectivity index (χ4v) is 1.52. The Hall–Kier alpha value is -3.01. The van der Waals surface area contributed by atoms with Gasteiger partial charge in [0.2, 0.25) is 11.6 Å². The van der Waals surface area contributed by atoms with Crippen LogP contribution in [0.2, 0.25) is 0 Å². The first-order chi connectivity index (χ1) is 10.6. The lowest BCUT2D eigenvalue weighted by Crippen LogP contribution is -2.14. The van der Waals surface area contributed by atoms with Gasteiger partial charge < -0.3 is 4.74 Å². The van der Waals surface area contributed by atoms with E-state index in [4.69, 9.17) is 0 Å². The molecule has 0 aromatic heterocycles. The van der Waals surface area contributed by atoms with E-state index in [0.717, 1.165) is 6.08 Å². The van der Waals surface area contributed by atoms with Gasteiger partial charge in [-0.1, -0.05) is 67.2 Å². The second kappa shape index (κ2) is 9.02. The maximum Gasteiger partial charge on any atom is 0.329 e. The fourth-order valence-electron chi connectivity index (χ4n) is 1.52. The van der Waals surface area contributed by atoms with Crippen LogP contribution in [0.5, 0.6) is 0 Å². The van der Waals surface area contributed by atoms with Gasteiger partial charge in [-0.25, -0.2) is 4.79 Å². The predicted molar refractivity (Wildman–Crippen MR) is 83.8 cm³/mol. The molecule has 4 nitrogen and oxygen atoms in total. The molecule has 0 unspecified atom stereocenters. The van der Waals surface area contributed by atoms with Gasteiger partial charge in [0.25, 0.3) is 0 Å². The number of carbonyl (C=O) groups is 3. The lowest BCUT2D eigenvalue weighted by molar-refractivity contribution is -0.134. The quantitative estimate of drug-likeness (QED) is 0.376. The van der Waals surface area contributed by atoms with Crippen LogP contribution in [0, 0.1) is 0 Å². The predicted octanol–water partition coefficient (Wildman–Crippen LogP) is 3.10. The molecule has 22 heavy (non-hydrogen) atoms. The van der Waals surface area contributed by atoms with Crippen molar-refractivity contribution >= 4 is 17.5 Å². The minimum atomic E-state index is -0.466. The third-order valence-corrected chi connectivity index (χ3v) is 2.65. The third kappa shape index (κ3) is 5.17. The number of carbonyl (C=O) groups excluding carboxylic acids is 3. The van der Waals surface area contributed by atoms with Crippen molar-refractivity contribution in [3.05, 3.63) is 84.4 Å². The summed E-state index contributed by atoms with van der Waals surface area (Å²) in [5, 5.41) is 0. The summed E-state index contributed by atoms with van der Waals surface area (Å²) in [7, 11) is 1.31. The molecule has 2 rings (SSSR count). The average Bonchev–Trinajstić information content (AvgIpc) is 2.61. The van der Waals surface area contributed by atoms with E-state index < -0.39 is 17.5 Å². The lowest BCUT2D eigenvalue weighted by Gasteiger charge is -1.99. The van der Waals surface area contributed by atoms with Crippen molar-refractivity contribution in [2.45, 2.75) is 0 Å². The Balaban J connectivity index is 0.000000346. The van der Waals surface area contributed by atoms with Gasteiger partial charge in [-0.2, -0.15) is 0 Å². The largest absolute Gasteiger partial charge is 0.466 e. The molecule has 0 bridgehead atoms. The normalized spacial score (nSPS) is 8.95. The molecule has 0 saturated heterocycles. The molecule has 0 heterocycles. The molecule has 0 N–H and O–H groups in total. The molecule has 0 radical (unpaired) electrons. The number of esters is 1. The summed E-state index contributed by atoms with van der Waals surface area (Å²) in [4.78, 5) is 33.4. The zero-order valence-corrected chi connectivity index (χ0v) is 12.2. The minimum absolute atomic E-state index is 0.394. The van der Waals surface area contributed by atoms with Crippen molar-refractivity contribution in [1.29, 1.82) is 0 Å². The van der Waals surface area contributed by atoms with E-state index in [0.29, 0.717) is 11.1 Å². The second-order valence-electron chi connectivity index (χ2n) is 4.12. The van der Waals surface area contributed by atoms with Gasteiger partial charge >= 0.3 is 5.97 Å². The monoisotopic (exact) mass is 296 g/mol. The van der Waals surface area contributed by atoms with Crippen molar-refractivity contribution in [2.75, 3.05) is 7.11 Å². The molecule has 0 atom stereocenters. The Morgan fingerprint density at radius 1 is 0.818 bits per heavy atom. The van der Waals surface area contributed by atoms with Gasteiger partial charge in [-0.3, -0.25) is 9.59 Å². The first kappa shape index (κ1) is 17.0. The van der Waals surface area contributed by atoms with Gasteiger partial charge in [0, 0.05) is 17.2 Å². The minimum Gasteiger partial charge on any atom is -0.466 e. The average molecular weight is 296 g/mol. The summed E-state index contributed by atoms with van der Waals surface area (Å²) >= 11 is 0. The molecule has 0 aliphatic rings. The summed E-state index contributed by atoms with van der Waals surface area (Å²) in [6.07, 6.45) is 1.11. The van der Waals surface area contributed by atoms with Crippen LogP contribution in [0.15, 0.2) is 73.3 Å². The Morgan fingerprint density at radius 3 is 1.41 bits per heavy atom. The number of benzene rings is 2. The van der Waals surface area contributed by atoms with Crippen LogP contribution < -0.4 is 0 Å². The van der Waals surface area contributed by atoms with Crippen LogP contribution in [0.3, 0.4) is 0 Å². The summed E-state index contributed by atoms with van der Waals surface area (Å²) in [5.41, 5.74) is 0.854. The SMILES string of the molecule is C=CC(=O)OC.O=C(C(=O)c1ccccc1)c1ccccc1.